The third-order valence-electron chi connectivity index (χ3n) is 3.87. The van der Waals surface area contributed by atoms with Crippen LogP contribution in [0.15, 0.2) is 47.4 Å². The van der Waals surface area contributed by atoms with Gasteiger partial charge >= 0.3 is 0 Å². The zero-order valence-corrected chi connectivity index (χ0v) is 14.4. The lowest BCUT2D eigenvalue weighted by atomic mass is 10.2. The standard InChI is InChI=1S/C17H16F2N2O4S/c18-12-2-1-3-13(10-12)20-17(22)15-11-14(4-5-16(15)19)26(23,24)21-6-8-25-9-7-21/h1-5,10-11H,6-9H2,(H,20,22). The second-order valence-corrected chi connectivity index (χ2v) is 7.56. The zero-order valence-electron chi connectivity index (χ0n) is 13.6. The molecule has 0 atom stereocenters. The van der Waals surface area contributed by atoms with E-state index in [1.165, 1.54) is 22.5 Å². The van der Waals surface area contributed by atoms with Gasteiger partial charge in [-0.15, -0.1) is 0 Å². The fourth-order valence-electron chi connectivity index (χ4n) is 2.54. The minimum Gasteiger partial charge on any atom is -0.379 e. The van der Waals surface area contributed by atoms with Crippen molar-refractivity contribution < 1.29 is 26.7 Å². The van der Waals surface area contributed by atoms with Crippen LogP contribution in [0.25, 0.3) is 0 Å². The van der Waals surface area contributed by atoms with Crippen molar-refractivity contribution in [1.29, 1.82) is 0 Å². The Hall–Kier alpha value is -2.36. The molecular formula is C17H16F2N2O4S. The maximum Gasteiger partial charge on any atom is 0.258 e. The highest BCUT2D eigenvalue weighted by atomic mass is 32.2. The van der Waals surface area contributed by atoms with Gasteiger partial charge in [0.15, 0.2) is 0 Å². The molecule has 0 aliphatic carbocycles. The predicted molar refractivity (Wildman–Crippen MR) is 90.3 cm³/mol. The second-order valence-electron chi connectivity index (χ2n) is 5.62. The number of amides is 1. The molecule has 2 aromatic rings. The van der Waals surface area contributed by atoms with E-state index in [1.807, 2.05) is 0 Å². The fourth-order valence-corrected chi connectivity index (χ4v) is 3.97. The lowest BCUT2D eigenvalue weighted by Crippen LogP contribution is -2.40. The molecule has 6 nitrogen and oxygen atoms in total. The molecule has 1 N–H and O–H groups in total. The Balaban J connectivity index is 1.88. The highest BCUT2D eigenvalue weighted by Crippen LogP contribution is 2.21. The Kier molecular flexibility index (Phi) is 5.30. The van der Waals surface area contributed by atoms with Crippen molar-refractivity contribution in [3.05, 3.63) is 59.7 Å². The highest BCUT2D eigenvalue weighted by Gasteiger charge is 2.27. The Labute approximate surface area is 149 Å². The monoisotopic (exact) mass is 382 g/mol. The largest absolute Gasteiger partial charge is 0.379 e. The summed E-state index contributed by atoms with van der Waals surface area (Å²) in [4.78, 5) is 12.1. The maximum atomic E-state index is 14.1. The summed E-state index contributed by atoms with van der Waals surface area (Å²) in [5, 5.41) is 2.35. The molecule has 1 fully saturated rings. The summed E-state index contributed by atoms with van der Waals surface area (Å²) in [6, 6.07) is 8.12. The van der Waals surface area contributed by atoms with Crippen molar-refractivity contribution >= 4 is 21.6 Å². The average Bonchev–Trinajstić information content (AvgIpc) is 2.62. The molecule has 0 unspecified atom stereocenters. The number of carbonyl (C=O) groups is 1. The van der Waals surface area contributed by atoms with Gasteiger partial charge in [0.2, 0.25) is 10.0 Å². The van der Waals surface area contributed by atoms with Crippen molar-refractivity contribution in [1.82, 2.24) is 4.31 Å². The normalized spacial score (nSPS) is 15.6. The molecule has 2 aromatic carbocycles. The van der Waals surface area contributed by atoms with E-state index < -0.39 is 33.1 Å². The van der Waals surface area contributed by atoms with Gasteiger partial charge in [0.1, 0.15) is 11.6 Å². The van der Waals surface area contributed by atoms with Gasteiger partial charge in [-0.1, -0.05) is 6.07 Å². The number of rotatable bonds is 4. The van der Waals surface area contributed by atoms with Crippen LogP contribution in [0.4, 0.5) is 14.5 Å². The van der Waals surface area contributed by atoms with Crippen LogP contribution in [0.2, 0.25) is 0 Å². The predicted octanol–water partition coefficient (Wildman–Crippen LogP) is 2.24. The summed E-state index contributed by atoms with van der Waals surface area (Å²) in [6.45, 7) is 0.912. The van der Waals surface area contributed by atoms with Gasteiger partial charge in [0.05, 0.1) is 23.7 Å². The van der Waals surface area contributed by atoms with Crippen molar-refractivity contribution in [2.45, 2.75) is 4.90 Å². The number of anilines is 1. The van der Waals surface area contributed by atoms with E-state index in [0.29, 0.717) is 0 Å². The van der Waals surface area contributed by atoms with Gasteiger partial charge in [-0.2, -0.15) is 4.31 Å². The molecular weight excluding hydrogens is 366 g/mol. The van der Waals surface area contributed by atoms with Gasteiger partial charge in [0, 0.05) is 18.8 Å². The van der Waals surface area contributed by atoms with Crippen LogP contribution in [-0.4, -0.2) is 44.9 Å². The summed E-state index contributed by atoms with van der Waals surface area (Å²) in [7, 11) is -3.87. The molecule has 9 heteroatoms. The molecule has 1 aliphatic heterocycles. The summed E-state index contributed by atoms with van der Waals surface area (Å²) in [5.74, 6) is -2.31. The van der Waals surface area contributed by atoms with E-state index in [0.717, 1.165) is 24.3 Å². The molecule has 1 aliphatic rings. The number of halogens is 2. The average molecular weight is 382 g/mol. The number of nitrogens with zero attached hydrogens (tertiary/aromatic N) is 1. The molecule has 0 aromatic heterocycles. The number of sulfonamides is 1. The van der Waals surface area contributed by atoms with E-state index in [1.54, 1.807) is 0 Å². The first-order chi connectivity index (χ1) is 12.4. The first-order valence-corrected chi connectivity index (χ1v) is 9.26. The molecule has 0 bridgehead atoms. The lowest BCUT2D eigenvalue weighted by molar-refractivity contribution is 0.0730. The Morgan fingerprint density at radius 1 is 1.08 bits per heavy atom. The second kappa shape index (κ2) is 7.48. The lowest BCUT2D eigenvalue weighted by Gasteiger charge is -2.26. The Morgan fingerprint density at radius 2 is 1.81 bits per heavy atom. The third-order valence-corrected chi connectivity index (χ3v) is 5.77. The number of hydrogen-bond acceptors (Lipinski definition) is 4. The first kappa shape index (κ1) is 18.4. The number of nitrogens with one attached hydrogen (secondary N) is 1. The zero-order chi connectivity index (χ0) is 18.7. The summed E-state index contributed by atoms with van der Waals surface area (Å²) in [6.07, 6.45) is 0. The topological polar surface area (TPSA) is 75.7 Å². The van der Waals surface area contributed by atoms with E-state index in [-0.39, 0.29) is 36.9 Å². The minimum absolute atomic E-state index is 0.135. The van der Waals surface area contributed by atoms with Gasteiger partial charge in [0.25, 0.3) is 5.91 Å². The molecule has 1 saturated heterocycles. The van der Waals surface area contributed by atoms with E-state index in [2.05, 4.69) is 5.32 Å². The van der Waals surface area contributed by atoms with E-state index >= 15 is 0 Å². The van der Waals surface area contributed by atoms with E-state index in [9.17, 15) is 22.0 Å². The molecule has 3 rings (SSSR count). The molecule has 26 heavy (non-hydrogen) atoms. The number of hydrogen-bond donors (Lipinski definition) is 1. The molecule has 1 heterocycles. The minimum atomic E-state index is -3.87. The molecule has 0 radical (unpaired) electrons. The third kappa shape index (κ3) is 3.90. The Bertz CT molecular complexity index is 928. The van der Waals surface area contributed by atoms with Crippen LogP contribution in [0.1, 0.15) is 10.4 Å². The number of morpholine rings is 1. The summed E-state index contributed by atoms with van der Waals surface area (Å²) in [5.41, 5.74) is -0.306. The van der Waals surface area contributed by atoms with Crippen molar-refractivity contribution in [3.8, 4) is 0 Å². The van der Waals surface area contributed by atoms with Gasteiger partial charge in [-0.3, -0.25) is 4.79 Å². The van der Waals surface area contributed by atoms with Crippen LogP contribution >= 0.6 is 0 Å². The molecule has 1 amide bonds. The van der Waals surface area contributed by atoms with Gasteiger partial charge in [-0.05, 0) is 36.4 Å². The van der Waals surface area contributed by atoms with Crippen LogP contribution in [-0.2, 0) is 14.8 Å². The molecule has 138 valence electrons. The first-order valence-electron chi connectivity index (χ1n) is 7.82. The van der Waals surface area contributed by atoms with Crippen LogP contribution in [0, 0.1) is 11.6 Å². The fraction of sp³-hybridized carbons (Fsp3) is 0.235. The van der Waals surface area contributed by atoms with E-state index in [4.69, 9.17) is 4.74 Å². The Morgan fingerprint density at radius 3 is 2.50 bits per heavy atom. The van der Waals surface area contributed by atoms with Crippen molar-refractivity contribution in [2.75, 3.05) is 31.6 Å². The van der Waals surface area contributed by atoms with Crippen LogP contribution in [0.5, 0.6) is 0 Å². The maximum absolute atomic E-state index is 14.1. The molecule has 0 saturated carbocycles. The number of carbonyl (C=O) groups excluding carboxylic acids is 1. The van der Waals surface area contributed by atoms with Gasteiger partial charge in [-0.25, -0.2) is 17.2 Å². The SMILES string of the molecule is O=C(Nc1cccc(F)c1)c1cc(S(=O)(=O)N2CCOCC2)ccc1F. The molecule has 0 spiro atoms. The smallest absolute Gasteiger partial charge is 0.258 e. The number of ether oxygens (including phenoxy) is 1. The van der Waals surface area contributed by atoms with Crippen LogP contribution in [0.3, 0.4) is 0 Å². The summed E-state index contributed by atoms with van der Waals surface area (Å²) >= 11 is 0. The van der Waals surface area contributed by atoms with Gasteiger partial charge < -0.3 is 10.1 Å². The van der Waals surface area contributed by atoms with Crippen LogP contribution < -0.4 is 5.32 Å². The van der Waals surface area contributed by atoms with Crippen molar-refractivity contribution in [3.63, 3.8) is 0 Å². The number of benzene rings is 2. The van der Waals surface area contributed by atoms with Crippen molar-refractivity contribution in [2.24, 2.45) is 0 Å². The quantitative estimate of drug-likeness (QED) is 0.880. The summed E-state index contributed by atoms with van der Waals surface area (Å²) < 4.78 is 58.9. The highest BCUT2D eigenvalue weighted by molar-refractivity contribution is 7.89.